The number of aromatic nitrogens is 4. The van der Waals surface area contributed by atoms with Crippen LogP contribution in [0.5, 0.6) is 0 Å². The second-order valence-corrected chi connectivity index (χ2v) is 7.73. The molecule has 10 heteroatoms. The Morgan fingerprint density at radius 3 is 2.57 bits per heavy atom. The number of hydrogen-bond acceptors (Lipinski definition) is 4. The maximum absolute atomic E-state index is 13.6. The summed E-state index contributed by atoms with van der Waals surface area (Å²) in [5, 5.41) is 2.58. The van der Waals surface area contributed by atoms with E-state index in [1.807, 2.05) is 6.07 Å². The van der Waals surface area contributed by atoms with E-state index in [4.69, 9.17) is 0 Å². The second kappa shape index (κ2) is 7.67. The average Bonchev–Trinajstić information content (AvgIpc) is 3.07. The van der Waals surface area contributed by atoms with Crippen molar-refractivity contribution < 1.29 is 18.0 Å². The number of aryl methyl sites for hydroxylation is 1. The number of amides is 1. The number of fused-ring (bicyclic) bond motifs is 1. The molecule has 0 radical (unpaired) electrons. The number of imidazole rings is 1. The van der Waals surface area contributed by atoms with Gasteiger partial charge in [-0.2, -0.15) is 13.2 Å². The molecule has 0 aliphatic heterocycles. The van der Waals surface area contributed by atoms with Gasteiger partial charge in [0.25, 0.3) is 5.91 Å². The van der Waals surface area contributed by atoms with Gasteiger partial charge in [-0.3, -0.25) is 9.36 Å². The lowest BCUT2D eigenvalue weighted by atomic mass is 10.2. The van der Waals surface area contributed by atoms with Gasteiger partial charge in [-0.1, -0.05) is 12.1 Å². The summed E-state index contributed by atoms with van der Waals surface area (Å²) >= 11 is 2.09. The standard InChI is InChI=1S/C20H13F3IN5O/c1-11-5-6-15-14(7-11)27-19(20(21,22)23)29(15)17-10-25-16(9-26-17)28-18(30)12-3-2-4-13(24)8-12/h2-10H,1H3,(H,25,28,30). The minimum atomic E-state index is -4.67. The molecule has 4 rings (SSSR count). The Balaban J connectivity index is 1.69. The van der Waals surface area contributed by atoms with E-state index < -0.39 is 17.9 Å². The highest BCUT2D eigenvalue weighted by Crippen LogP contribution is 2.33. The van der Waals surface area contributed by atoms with Gasteiger partial charge >= 0.3 is 6.18 Å². The first-order chi connectivity index (χ1) is 14.2. The van der Waals surface area contributed by atoms with E-state index in [-0.39, 0.29) is 22.7 Å². The van der Waals surface area contributed by atoms with E-state index in [2.05, 4.69) is 42.9 Å². The summed E-state index contributed by atoms with van der Waals surface area (Å²) in [5.74, 6) is -1.42. The van der Waals surface area contributed by atoms with Crippen molar-refractivity contribution in [1.29, 1.82) is 0 Å². The number of nitrogens with one attached hydrogen (secondary N) is 1. The van der Waals surface area contributed by atoms with Gasteiger partial charge in [-0.15, -0.1) is 0 Å². The third-order valence-corrected chi connectivity index (χ3v) is 4.93. The molecule has 4 aromatic rings. The molecular weight excluding hydrogens is 510 g/mol. The molecule has 1 amide bonds. The summed E-state index contributed by atoms with van der Waals surface area (Å²) in [6.07, 6.45) is -2.30. The zero-order valence-corrected chi connectivity index (χ0v) is 17.6. The van der Waals surface area contributed by atoms with E-state index in [9.17, 15) is 18.0 Å². The Hall–Kier alpha value is -3.02. The Bertz CT molecular complexity index is 1250. The lowest BCUT2D eigenvalue weighted by Crippen LogP contribution is -2.16. The van der Waals surface area contributed by atoms with Crippen molar-refractivity contribution in [3.8, 4) is 5.82 Å². The SMILES string of the molecule is Cc1ccc2c(c1)nc(C(F)(F)F)n2-c1cnc(NC(=O)c2cccc(I)c2)cn1. The van der Waals surface area contributed by atoms with Gasteiger partial charge in [-0.25, -0.2) is 15.0 Å². The lowest BCUT2D eigenvalue weighted by Gasteiger charge is -2.11. The maximum atomic E-state index is 13.6. The molecule has 2 aromatic heterocycles. The number of nitrogens with zero attached hydrogens (tertiary/aromatic N) is 4. The van der Waals surface area contributed by atoms with Crippen LogP contribution in [0, 0.1) is 10.5 Å². The van der Waals surface area contributed by atoms with Crippen LogP contribution in [0.2, 0.25) is 0 Å². The van der Waals surface area contributed by atoms with Crippen molar-refractivity contribution in [1.82, 2.24) is 19.5 Å². The smallest absolute Gasteiger partial charge is 0.305 e. The topological polar surface area (TPSA) is 72.7 Å². The highest BCUT2D eigenvalue weighted by molar-refractivity contribution is 14.1. The van der Waals surface area contributed by atoms with Gasteiger partial charge < -0.3 is 5.32 Å². The molecule has 0 bridgehead atoms. The molecule has 0 aliphatic rings. The zero-order chi connectivity index (χ0) is 21.5. The molecular formula is C20H13F3IN5O. The second-order valence-electron chi connectivity index (χ2n) is 6.49. The predicted molar refractivity (Wildman–Crippen MR) is 114 cm³/mol. The predicted octanol–water partition coefficient (Wildman–Crippen LogP) is 5.00. The minimum absolute atomic E-state index is 0.0547. The first kappa shape index (κ1) is 20.3. The molecule has 0 unspecified atom stereocenters. The Labute approximate surface area is 182 Å². The molecule has 30 heavy (non-hydrogen) atoms. The molecule has 2 heterocycles. The summed E-state index contributed by atoms with van der Waals surface area (Å²) in [5.41, 5.74) is 1.70. The van der Waals surface area contributed by atoms with Crippen molar-refractivity contribution in [3.05, 3.63) is 75.4 Å². The minimum Gasteiger partial charge on any atom is -0.305 e. The summed E-state index contributed by atoms with van der Waals surface area (Å²) in [6, 6.07) is 11.8. The van der Waals surface area contributed by atoms with Crippen LogP contribution in [-0.4, -0.2) is 25.4 Å². The van der Waals surface area contributed by atoms with E-state index in [0.29, 0.717) is 5.56 Å². The van der Waals surface area contributed by atoms with Gasteiger partial charge in [-0.05, 0) is 65.4 Å². The van der Waals surface area contributed by atoms with E-state index in [0.717, 1.165) is 13.7 Å². The molecule has 0 aliphatic carbocycles. The molecule has 1 N–H and O–H groups in total. The van der Waals surface area contributed by atoms with Crippen LogP contribution >= 0.6 is 22.6 Å². The molecule has 0 saturated carbocycles. The largest absolute Gasteiger partial charge is 0.450 e. The molecule has 2 aromatic carbocycles. The number of halogens is 4. The van der Waals surface area contributed by atoms with Gasteiger partial charge in [0.05, 0.1) is 23.4 Å². The zero-order valence-electron chi connectivity index (χ0n) is 15.4. The van der Waals surface area contributed by atoms with Crippen LogP contribution in [0.25, 0.3) is 16.9 Å². The van der Waals surface area contributed by atoms with Crippen molar-refractivity contribution in [2.45, 2.75) is 13.1 Å². The number of carbonyl (C=O) groups is 1. The average molecular weight is 523 g/mol. The third kappa shape index (κ3) is 3.99. The number of hydrogen-bond donors (Lipinski definition) is 1. The van der Waals surface area contributed by atoms with Crippen molar-refractivity contribution in [3.63, 3.8) is 0 Å². The number of anilines is 1. The van der Waals surface area contributed by atoms with Crippen LogP contribution in [0.4, 0.5) is 19.0 Å². The summed E-state index contributed by atoms with van der Waals surface area (Å²) in [7, 11) is 0. The van der Waals surface area contributed by atoms with Crippen molar-refractivity contribution in [2.24, 2.45) is 0 Å². The third-order valence-electron chi connectivity index (χ3n) is 4.26. The number of benzene rings is 2. The Morgan fingerprint density at radius 2 is 1.90 bits per heavy atom. The van der Waals surface area contributed by atoms with E-state index in [1.54, 1.807) is 43.3 Å². The Morgan fingerprint density at radius 1 is 1.10 bits per heavy atom. The van der Waals surface area contributed by atoms with Crippen LogP contribution in [0.3, 0.4) is 0 Å². The van der Waals surface area contributed by atoms with Gasteiger partial charge in [0, 0.05) is 9.13 Å². The molecule has 0 spiro atoms. The van der Waals surface area contributed by atoms with Crippen LogP contribution in [-0.2, 0) is 6.18 Å². The molecule has 6 nitrogen and oxygen atoms in total. The maximum Gasteiger partial charge on any atom is 0.450 e. The van der Waals surface area contributed by atoms with Gasteiger partial charge in [0.1, 0.15) is 0 Å². The van der Waals surface area contributed by atoms with E-state index in [1.165, 1.54) is 12.4 Å². The van der Waals surface area contributed by atoms with Crippen LogP contribution in [0.15, 0.2) is 54.9 Å². The van der Waals surface area contributed by atoms with E-state index >= 15 is 0 Å². The molecule has 0 fully saturated rings. The summed E-state index contributed by atoms with van der Waals surface area (Å²) in [6.45, 7) is 1.77. The van der Waals surface area contributed by atoms with Crippen molar-refractivity contribution in [2.75, 3.05) is 5.32 Å². The van der Waals surface area contributed by atoms with Crippen LogP contribution in [0.1, 0.15) is 21.7 Å². The molecule has 0 saturated heterocycles. The number of rotatable bonds is 3. The van der Waals surface area contributed by atoms with Crippen LogP contribution < -0.4 is 5.32 Å². The monoisotopic (exact) mass is 523 g/mol. The first-order valence-electron chi connectivity index (χ1n) is 8.68. The quantitative estimate of drug-likeness (QED) is 0.384. The first-order valence-corrected chi connectivity index (χ1v) is 9.76. The fraction of sp³-hybridized carbons (Fsp3) is 0.100. The normalized spacial score (nSPS) is 11.6. The number of carbonyl (C=O) groups excluding carboxylic acids is 1. The molecule has 0 atom stereocenters. The summed E-state index contributed by atoms with van der Waals surface area (Å²) in [4.78, 5) is 24.2. The molecule has 152 valence electrons. The highest BCUT2D eigenvalue weighted by atomic mass is 127. The van der Waals surface area contributed by atoms with Gasteiger partial charge in [0.15, 0.2) is 11.6 Å². The number of alkyl halides is 3. The van der Waals surface area contributed by atoms with Gasteiger partial charge in [0.2, 0.25) is 5.82 Å². The van der Waals surface area contributed by atoms with Crippen molar-refractivity contribution >= 4 is 45.3 Å². The fourth-order valence-electron chi connectivity index (χ4n) is 2.93. The highest BCUT2D eigenvalue weighted by Gasteiger charge is 2.38. The fourth-order valence-corrected chi connectivity index (χ4v) is 3.47. The summed E-state index contributed by atoms with van der Waals surface area (Å²) < 4.78 is 42.5. The lowest BCUT2D eigenvalue weighted by molar-refractivity contribution is -0.145. The Kier molecular flexibility index (Phi) is 5.18.